The molecule has 1 aliphatic carbocycles. The van der Waals surface area contributed by atoms with Crippen LogP contribution in [0.25, 0.3) is 11.0 Å². The molecule has 152 valence electrons. The van der Waals surface area contributed by atoms with Crippen molar-refractivity contribution in [2.45, 2.75) is 32.3 Å². The molecule has 3 aromatic rings. The van der Waals surface area contributed by atoms with Crippen molar-refractivity contribution in [3.8, 4) is 0 Å². The maximum atomic E-state index is 10.9. The number of benzene rings is 2. The first kappa shape index (κ1) is 18.8. The molecule has 5 heteroatoms. The number of aliphatic hydroxyl groups is 2. The predicted octanol–water partition coefficient (Wildman–Crippen LogP) is 2.79. The van der Waals surface area contributed by atoms with Gasteiger partial charge < -0.3 is 15.2 Å². The van der Waals surface area contributed by atoms with Gasteiger partial charge in [-0.1, -0.05) is 36.4 Å². The van der Waals surface area contributed by atoms with Gasteiger partial charge in [0.2, 0.25) is 0 Å². The molecule has 4 atom stereocenters. The number of nitrogens with zero attached hydrogens (tertiary/aromatic N) is 2. The first-order valence-corrected chi connectivity index (χ1v) is 10.6. The summed E-state index contributed by atoms with van der Waals surface area (Å²) in [5, 5.41) is 20.9. The average molecular weight is 392 g/mol. The molecule has 1 spiro atoms. The Bertz CT molecular complexity index is 1030. The zero-order valence-corrected chi connectivity index (χ0v) is 17.1. The minimum Gasteiger partial charge on any atom is -0.396 e. The summed E-state index contributed by atoms with van der Waals surface area (Å²) in [4.78, 5) is 10.6. The molecule has 0 unspecified atom stereocenters. The molecule has 29 heavy (non-hydrogen) atoms. The summed E-state index contributed by atoms with van der Waals surface area (Å²) in [6.45, 7) is 6.72. The molecule has 1 aromatic heterocycles. The number of fused-ring (bicyclic) bond motifs is 1. The van der Waals surface area contributed by atoms with Crippen LogP contribution in [0.2, 0.25) is 0 Å². The summed E-state index contributed by atoms with van der Waals surface area (Å²) in [7, 11) is 0. The lowest BCUT2D eigenvalue weighted by Crippen LogP contribution is -2.25. The van der Waals surface area contributed by atoms with E-state index in [1.54, 1.807) is 0 Å². The van der Waals surface area contributed by atoms with Gasteiger partial charge in [-0.05, 0) is 48.4 Å². The van der Waals surface area contributed by atoms with Gasteiger partial charge in [0.05, 0.1) is 17.1 Å². The van der Waals surface area contributed by atoms with E-state index in [0.29, 0.717) is 6.54 Å². The molecule has 2 aliphatic rings. The van der Waals surface area contributed by atoms with Crippen molar-refractivity contribution >= 4 is 11.0 Å². The fraction of sp³-hybridized carbons (Fsp3) is 0.458. The molecule has 5 nitrogen and oxygen atoms in total. The van der Waals surface area contributed by atoms with E-state index in [0.717, 1.165) is 36.4 Å². The third-order valence-corrected chi connectivity index (χ3v) is 7.36. The fourth-order valence-electron chi connectivity index (χ4n) is 5.58. The highest BCUT2D eigenvalue weighted by Crippen LogP contribution is 2.68. The van der Waals surface area contributed by atoms with Gasteiger partial charge >= 0.3 is 0 Å². The zero-order chi connectivity index (χ0) is 20.2. The predicted molar refractivity (Wildman–Crippen MR) is 114 cm³/mol. The Hall–Kier alpha value is -2.21. The molecule has 0 bridgehead atoms. The molecule has 1 aliphatic heterocycles. The van der Waals surface area contributed by atoms with Crippen molar-refractivity contribution in [2.75, 3.05) is 26.2 Å². The summed E-state index contributed by atoms with van der Waals surface area (Å²) in [5.74, 6) is 1.38. The Morgan fingerprint density at radius 3 is 2.72 bits per heavy atom. The van der Waals surface area contributed by atoms with Gasteiger partial charge in [-0.3, -0.25) is 4.90 Å². The highest BCUT2D eigenvalue weighted by atomic mass is 16.3. The molecule has 5 rings (SSSR count). The standard InChI is InChI=1S/C24H29N3O2/c1-15-8-9-19-23(16(15)2)26-21(25-19)10-11-27-12-20(29)24(14-27)18(13-28)22(24)17-6-4-3-5-7-17/h3-9,18,20,22,28-29H,10-14H2,1-2H3,(H,25,26)/t18-,20-,22-,24-/m1/s1. The van der Waals surface area contributed by atoms with Crippen LogP contribution in [0.4, 0.5) is 0 Å². The number of aromatic nitrogens is 2. The van der Waals surface area contributed by atoms with E-state index in [1.807, 2.05) is 18.2 Å². The Morgan fingerprint density at radius 1 is 1.17 bits per heavy atom. The molecule has 2 heterocycles. The summed E-state index contributed by atoms with van der Waals surface area (Å²) >= 11 is 0. The highest BCUT2D eigenvalue weighted by molar-refractivity contribution is 5.79. The number of β-amino-alcohol motifs (C(OH)–C–C–N with tert-alkyl or cyclic N) is 1. The van der Waals surface area contributed by atoms with Crippen LogP contribution in [0.5, 0.6) is 0 Å². The Morgan fingerprint density at radius 2 is 1.97 bits per heavy atom. The van der Waals surface area contributed by atoms with Crippen molar-refractivity contribution in [2.24, 2.45) is 11.3 Å². The van der Waals surface area contributed by atoms with Crippen LogP contribution < -0.4 is 0 Å². The third kappa shape index (κ3) is 2.91. The van der Waals surface area contributed by atoms with E-state index in [1.165, 1.54) is 16.7 Å². The number of hydrogen-bond acceptors (Lipinski definition) is 4. The quantitative estimate of drug-likeness (QED) is 0.625. The summed E-state index contributed by atoms with van der Waals surface area (Å²) in [6.07, 6.45) is 0.431. The van der Waals surface area contributed by atoms with Gasteiger partial charge in [-0.2, -0.15) is 0 Å². The maximum Gasteiger partial charge on any atom is 0.108 e. The van der Waals surface area contributed by atoms with Crippen LogP contribution in [0, 0.1) is 25.2 Å². The lowest BCUT2D eigenvalue weighted by atomic mass is 9.95. The second-order valence-electron chi connectivity index (χ2n) is 8.88. The van der Waals surface area contributed by atoms with Gasteiger partial charge in [-0.25, -0.2) is 4.98 Å². The highest BCUT2D eigenvalue weighted by Gasteiger charge is 2.70. The normalized spacial score (nSPS) is 29.2. The van der Waals surface area contributed by atoms with E-state index in [4.69, 9.17) is 4.98 Å². The SMILES string of the molecule is Cc1ccc2[nH]c(CCN3C[C@@H](O)[C@@]4(C3)[C@H](CO)[C@H]4c3ccccc3)nc2c1C. The second kappa shape index (κ2) is 6.94. The monoisotopic (exact) mass is 391 g/mol. The lowest BCUT2D eigenvalue weighted by Gasteiger charge is -2.16. The van der Waals surface area contributed by atoms with E-state index in [-0.39, 0.29) is 23.9 Å². The number of aliphatic hydroxyl groups excluding tert-OH is 2. The van der Waals surface area contributed by atoms with Crippen molar-refractivity contribution in [1.29, 1.82) is 0 Å². The topological polar surface area (TPSA) is 72.4 Å². The summed E-state index contributed by atoms with van der Waals surface area (Å²) in [6, 6.07) is 14.6. The number of aromatic amines is 1. The van der Waals surface area contributed by atoms with Gasteiger partial charge in [0.1, 0.15) is 5.82 Å². The number of imidazole rings is 1. The lowest BCUT2D eigenvalue weighted by molar-refractivity contribution is 0.111. The molecule has 3 N–H and O–H groups in total. The van der Waals surface area contributed by atoms with Crippen LogP contribution >= 0.6 is 0 Å². The molecular weight excluding hydrogens is 362 g/mol. The van der Waals surface area contributed by atoms with E-state index < -0.39 is 6.10 Å². The zero-order valence-electron chi connectivity index (χ0n) is 17.1. The Balaban J connectivity index is 1.30. The number of rotatable bonds is 5. The number of likely N-dealkylation sites (tertiary alicyclic amines) is 1. The first-order valence-electron chi connectivity index (χ1n) is 10.6. The van der Waals surface area contributed by atoms with E-state index >= 15 is 0 Å². The smallest absolute Gasteiger partial charge is 0.108 e. The molecular formula is C24H29N3O2. The molecule has 2 fully saturated rings. The van der Waals surface area contributed by atoms with Crippen LogP contribution in [-0.4, -0.2) is 57.4 Å². The Labute approximate surface area is 171 Å². The van der Waals surface area contributed by atoms with Gasteiger partial charge in [0.25, 0.3) is 0 Å². The van der Waals surface area contributed by atoms with Crippen LogP contribution in [0.3, 0.4) is 0 Å². The number of aryl methyl sites for hydroxylation is 2. The van der Waals surface area contributed by atoms with Gasteiger partial charge in [0, 0.05) is 38.1 Å². The minimum absolute atomic E-state index is 0.132. The van der Waals surface area contributed by atoms with Crippen molar-refractivity contribution in [3.63, 3.8) is 0 Å². The molecule has 1 saturated carbocycles. The van der Waals surface area contributed by atoms with Crippen molar-refractivity contribution in [3.05, 3.63) is 65.0 Å². The Kier molecular flexibility index (Phi) is 4.50. The van der Waals surface area contributed by atoms with Crippen molar-refractivity contribution in [1.82, 2.24) is 14.9 Å². The second-order valence-corrected chi connectivity index (χ2v) is 8.88. The number of hydrogen-bond donors (Lipinski definition) is 3. The molecule has 2 aromatic carbocycles. The first-order chi connectivity index (χ1) is 14.0. The van der Waals surface area contributed by atoms with Gasteiger partial charge in [0.15, 0.2) is 0 Å². The molecule has 0 radical (unpaired) electrons. The summed E-state index contributed by atoms with van der Waals surface area (Å²) < 4.78 is 0. The van der Waals surface area contributed by atoms with Crippen LogP contribution in [0.1, 0.15) is 28.4 Å². The number of nitrogens with one attached hydrogen (secondary N) is 1. The third-order valence-electron chi connectivity index (χ3n) is 7.36. The average Bonchev–Trinajstić information content (AvgIpc) is 2.99. The molecule has 0 amide bonds. The van der Waals surface area contributed by atoms with Gasteiger partial charge in [-0.15, -0.1) is 0 Å². The van der Waals surface area contributed by atoms with E-state index in [9.17, 15) is 10.2 Å². The largest absolute Gasteiger partial charge is 0.396 e. The van der Waals surface area contributed by atoms with E-state index in [2.05, 4.69) is 48.0 Å². The molecule has 1 saturated heterocycles. The summed E-state index contributed by atoms with van der Waals surface area (Å²) in [5.41, 5.74) is 5.66. The van der Waals surface area contributed by atoms with Crippen LogP contribution in [0.15, 0.2) is 42.5 Å². The maximum absolute atomic E-state index is 10.9. The fourth-order valence-corrected chi connectivity index (χ4v) is 5.58. The number of H-pyrrole nitrogens is 1. The minimum atomic E-state index is -0.398. The van der Waals surface area contributed by atoms with Crippen LogP contribution in [-0.2, 0) is 6.42 Å². The van der Waals surface area contributed by atoms with Crippen molar-refractivity contribution < 1.29 is 10.2 Å².